The van der Waals surface area contributed by atoms with E-state index in [-0.39, 0.29) is 6.54 Å². The van der Waals surface area contributed by atoms with E-state index in [4.69, 9.17) is 0 Å². The molecule has 3 N–H and O–H groups in total. The third-order valence-electron chi connectivity index (χ3n) is 6.97. The van der Waals surface area contributed by atoms with Gasteiger partial charge in [-0.2, -0.15) is 0 Å². The molecule has 1 fully saturated rings. The van der Waals surface area contributed by atoms with Crippen LogP contribution in [0.2, 0.25) is 0 Å². The van der Waals surface area contributed by atoms with E-state index in [1.54, 1.807) is 0 Å². The number of aliphatic hydroxyl groups excluding tert-OH is 1. The van der Waals surface area contributed by atoms with Crippen LogP contribution in [0.3, 0.4) is 0 Å². The third-order valence-corrected chi connectivity index (χ3v) is 6.97. The van der Waals surface area contributed by atoms with E-state index in [0.29, 0.717) is 57.4 Å². The molecule has 0 heterocycles. The normalized spacial score (nSPS) is 15.6. The predicted molar refractivity (Wildman–Crippen MR) is 136 cm³/mol. The number of aliphatic hydroxyl groups is 1. The summed E-state index contributed by atoms with van der Waals surface area (Å²) in [5, 5.41) is 29.7. The van der Waals surface area contributed by atoms with Gasteiger partial charge >= 0.3 is 11.9 Å². The molecule has 0 aromatic carbocycles. The molecule has 34 heavy (non-hydrogen) atoms. The van der Waals surface area contributed by atoms with Crippen molar-refractivity contribution >= 4 is 11.9 Å². The van der Waals surface area contributed by atoms with Crippen LogP contribution in [0.25, 0.3) is 0 Å². The minimum atomic E-state index is -0.879. The Morgan fingerprint density at radius 2 is 1.44 bits per heavy atom. The van der Waals surface area contributed by atoms with E-state index in [9.17, 15) is 24.9 Å². The lowest BCUT2D eigenvalue weighted by atomic mass is 9.91. The Morgan fingerprint density at radius 3 is 1.91 bits per heavy atom. The molecule has 1 aliphatic carbocycles. The minimum Gasteiger partial charge on any atom is -0.511 e. The van der Waals surface area contributed by atoms with Gasteiger partial charge in [0.05, 0.1) is 13.1 Å². The molecule has 8 heteroatoms. The van der Waals surface area contributed by atoms with Crippen LogP contribution in [0.4, 0.5) is 0 Å². The molecule has 0 amide bonds. The number of allylic oxidation sites excluding steroid dienone is 1. The van der Waals surface area contributed by atoms with Crippen LogP contribution in [0.15, 0.2) is 11.3 Å². The van der Waals surface area contributed by atoms with Gasteiger partial charge in [-0.3, -0.25) is 24.3 Å². The summed E-state index contributed by atoms with van der Waals surface area (Å²) in [6, 6.07) is -0.533. The molecule has 0 bridgehead atoms. The zero-order valence-electron chi connectivity index (χ0n) is 22.0. The smallest absolute Gasteiger partial charge is 0.320 e. The summed E-state index contributed by atoms with van der Waals surface area (Å²) in [4.78, 5) is 29.4. The van der Waals surface area contributed by atoms with Crippen molar-refractivity contribution in [2.75, 3.05) is 52.4 Å². The van der Waals surface area contributed by atoms with Crippen LogP contribution in [-0.4, -0.2) is 100 Å². The summed E-state index contributed by atoms with van der Waals surface area (Å²) < 4.78 is 0. The molecule has 0 spiro atoms. The highest BCUT2D eigenvalue weighted by Gasteiger charge is 2.25. The molecule has 1 aliphatic rings. The maximum atomic E-state index is 11.8. The quantitative estimate of drug-likeness (QED) is 0.223. The summed E-state index contributed by atoms with van der Waals surface area (Å²) >= 11 is 0. The molecular weight excluding hydrogens is 434 g/mol. The fourth-order valence-corrected chi connectivity index (χ4v) is 4.30. The monoisotopic (exact) mass is 483 g/mol. The Morgan fingerprint density at radius 1 is 0.824 bits per heavy atom. The topological polar surface area (TPSA) is 105 Å². The molecular formula is C26H49N3O5. The third kappa shape index (κ3) is 11.7. The van der Waals surface area contributed by atoms with Gasteiger partial charge in [0.1, 0.15) is 11.8 Å². The Labute approximate surface area is 206 Å². The molecule has 0 aromatic rings. The molecule has 0 aromatic heterocycles. The highest BCUT2D eigenvalue weighted by atomic mass is 16.4. The second kappa shape index (κ2) is 16.9. The van der Waals surface area contributed by atoms with Crippen molar-refractivity contribution in [3.8, 4) is 0 Å². The van der Waals surface area contributed by atoms with Gasteiger partial charge in [-0.15, -0.1) is 0 Å². The first-order chi connectivity index (χ1) is 16.2. The SMILES string of the molecule is CCCC(C(=O)O)N(CCC)CCN(CCN(CCC(C)CC)CC(O)=C1CCC1)CC(=O)O. The Bertz CT molecular complexity index is 634. The summed E-state index contributed by atoms with van der Waals surface area (Å²) in [6.45, 7) is 12.7. The van der Waals surface area contributed by atoms with Crippen molar-refractivity contribution in [1.82, 2.24) is 14.7 Å². The molecule has 2 unspecified atom stereocenters. The van der Waals surface area contributed by atoms with Gasteiger partial charge in [-0.1, -0.05) is 40.5 Å². The fourth-order valence-electron chi connectivity index (χ4n) is 4.30. The lowest BCUT2D eigenvalue weighted by Crippen LogP contribution is -2.47. The van der Waals surface area contributed by atoms with Gasteiger partial charge < -0.3 is 15.3 Å². The van der Waals surface area contributed by atoms with E-state index in [0.717, 1.165) is 57.1 Å². The lowest BCUT2D eigenvalue weighted by Gasteiger charge is -2.32. The van der Waals surface area contributed by atoms with Crippen LogP contribution < -0.4 is 0 Å². The summed E-state index contributed by atoms with van der Waals surface area (Å²) in [5.41, 5.74) is 1.15. The standard InChI is InChI=1S/C26H49N3O5/c1-5-9-23(26(33)34)29(13-6-2)18-17-28(20-25(31)32)16-15-27(14-12-21(4)7-3)19-24(30)22-10-8-11-22/h21,23,30H,5-20H2,1-4H3,(H,31,32)(H,33,34). The average Bonchev–Trinajstić information content (AvgIpc) is 2.74. The van der Waals surface area contributed by atoms with Crippen LogP contribution in [0.1, 0.15) is 79.1 Å². The maximum Gasteiger partial charge on any atom is 0.320 e. The molecule has 1 rings (SSSR count). The van der Waals surface area contributed by atoms with Crippen molar-refractivity contribution in [2.45, 2.75) is 85.1 Å². The summed E-state index contributed by atoms with van der Waals surface area (Å²) in [5.74, 6) is -0.602. The van der Waals surface area contributed by atoms with Crippen molar-refractivity contribution in [2.24, 2.45) is 5.92 Å². The van der Waals surface area contributed by atoms with Gasteiger partial charge in [0.2, 0.25) is 0 Å². The van der Waals surface area contributed by atoms with Crippen LogP contribution >= 0.6 is 0 Å². The molecule has 1 saturated carbocycles. The number of carboxylic acid groups (broad SMARTS) is 2. The number of aliphatic carboxylic acids is 2. The van der Waals surface area contributed by atoms with Crippen LogP contribution in [-0.2, 0) is 9.59 Å². The molecule has 2 atom stereocenters. The molecule has 0 aliphatic heterocycles. The number of carboxylic acids is 2. The van der Waals surface area contributed by atoms with Gasteiger partial charge in [0, 0.05) is 26.2 Å². The Kier molecular flexibility index (Phi) is 15.1. The van der Waals surface area contributed by atoms with Gasteiger partial charge in [0.15, 0.2) is 0 Å². The summed E-state index contributed by atoms with van der Waals surface area (Å²) in [6.07, 6.45) is 7.48. The van der Waals surface area contributed by atoms with E-state index >= 15 is 0 Å². The first-order valence-electron chi connectivity index (χ1n) is 13.2. The van der Waals surface area contributed by atoms with Crippen molar-refractivity contribution in [1.29, 1.82) is 0 Å². The van der Waals surface area contributed by atoms with Crippen LogP contribution in [0, 0.1) is 5.92 Å². The zero-order chi connectivity index (χ0) is 25.5. The molecule has 0 radical (unpaired) electrons. The van der Waals surface area contributed by atoms with E-state index < -0.39 is 18.0 Å². The van der Waals surface area contributed by atoms with Crippen molar-refractivity contribution < 1.29 is 24.9 Å². The zero-order valence-corrected chi connectivity index (χ0v) is 22.0. The van der Waals surface area contributed by atoms with E-state index in [1.165, 1.54) is 0 Å². The maximum absolute atomic E-state index is 11.8. The number of nitrogens with zero attached hydrogens (tertiary/aromatic N) is 3. The van der Waals surface area contributed by atoms with Crippen molar-refractivity contribution in [3.63, 3.8) is 0 Å². The lowest BCUT2D eigenvalue weighted by molar-refractivity contribution is -0.144. The highest BCUT2D eigenvalue weighted by Crippen LogP contribution is 2.28. The summed E-state index contributed by atoms with van der Waals surface area (Å²) in [7, 11) is 0. The Hall–Kier alpha value is -1.64. The first kappa shape index (κ1) is 30.4. The molecule has 0 saturated heterocycles. The fraction of sp³-hybridized carbons (Fsp3) is 0.846. The Balaban J connectivity index is 2.80. The highest BCUT2D eigenvalue weighted by molar-refractivity contribution is 5.73. The molecule has 8 nitrogen and oxygen atoms in total. The minimum absolute atomic E-state index is 0.0717. The van der Waals surface area contributed by atoms with Crippen molar-refractivity contribution in [3.05, 3.63) is 11.3 Å². The number of rotatable bonds is 20. The van der Waals surface area contributed by atoms with Gasteiger partial charge in [0.25, 0.3) is 0 Å². The predicted octanol–water partition coefficient (Wildman–Crippen LogP) is 4.07. The average molecular weight is 484 g/mol. The number of hydrogen-bond acceptors (Lipinski definition) is 6. The van der Waals surface area contributed by atoms with Gasteiger partial charge in [-0.25, -0.2) is 0 Å². The van der Waals surface area contributed by atoms with E-state index in [2.05, 4.69) is 18.7 Å². The van der Waals surface area contributed by atoms with Crippen LogP contribution in [0.5, 0.6) is 0 Å². The van der Waals surface area contributed by atoms with Gasteiger partial charge in [-0.05, 0) is 63.1 Å². The second-order valence-corrected chi connectivity index (χ2v) is 9.83. The molecule has 198 valence electrons. The second-order valence-electron chi connectivity index (χ2n) is 9.83. The number of carbonyl (C=O) groups is 2. The largest absolute Gasteiger partial charge is 0.511 e. The first-order valence-corrected chi connectivity index (χ1v) is 13.2. The van der Waals surface area contributed by atoms with E-state index in [1.807, 2.05) is 23.6 Å². The number of hydrogen-bond donors (Lipinski definition) is 3.